The standard InChI is InChI=1S/C11H17Si/c1-8-10(7-12)6-9-4-2-3-5-11(8)9/h8H,2-5,7H2,1,12H3. The quantitative estimate of drug-likeness (QED) is 0.538. The second-order valence-corrected chi connectivity index (χ2v) is 4.64. The minimum absolute atomic E-state index is 0.762. The summed E-state index contributed by atoms with van der Waals surface area (Å²) in [5.41, 5.74) is 4.92. The molecular weight excluding hydrogens is 160 g/mol. The van der Waals surface area contributed by atoms with Gasteiger partial charge in [-0.3, -0.25) is 0 Å². The number of rotatable bonds is 1. The highest BCUT2D eigenvalue weighted by molar-refractivity contribution is 6.10. The molecule has 0 aromatic heterocycles. The molecule has 0 amide bonds. The van der Waals surface area contributed by atoms with Gasteiger partial charge < -0.3 is 0 Å². The molecule has 1 heteroatoms. The molecule has 2 aliphatic carbocycles. The van der Waals surface area contributed by atoms with E-state index in [1.54, 1.807) is 16.7 Å². The summed E-state index contributed by atoms with van der Waals surface area (Å²) in [5, 5.41) is 0. The third kappa shape index (κ3) is 1.20. The first-order valence-electron chi connectivity index (χ1n) is 5.17. The average Bonchev–Trinajstić information content (AvgIpc) is 2.44. The van der Waals surface area contributed by atoms with Gasteiger partial charge in [-0.25, -0.2) is 0 Å². The molecule has 0 aromatic carbocycles. The molecule has 0 bridgehead atoms. The number of hydrogen-bond acceptors (Lipinski definition) is 0. The molecule has 65 valence electrons. The van der Waals surface area contributed by atoms with Gasteiger partial charge in [0.05, 0.1) is 0 Å². The fourth-order valence-electron chi connectivity index (χ4n) is 2.46. The van der Waals surface area contributed by atoms with E-state index in [-0.39, 0.29) is 0 Å². The van der Waals surface area contributed by atoms with Crippen LogP contribution in [0.15, 0.2) is 16.7 Å². The van der Waals surface area contributed by atoms with Gasteiger partial charge in [-0.05, 0) is 49.3 Å². The van der Waals surface area contributed by atoms with Crippen LogP contribution in [0, 0.1) is 12.0 Å². The van der Waals surface area contributed by atoms with Crippen LogP contribution in [0.2, 0.25) is 6.04 Å². The fourth-order valence-corrected chi connectivity index (χ4v) is 3.25. The smallest absolute Gasteiger partial charge is 0.00797 e. The molecule has 2 rings (SSSR count). The Bertz CT molecular complexity index is 248. The van der Waals surface area contributed by atoms with Crippen LogP contribution in [0.25, 0.3) is 0 Å². The summed E-state index contributed by atoms with van der Waals surface area (Å²) in [7, 11) is 1.30. The fraction of sp³-hybridized carbons (Fsp3) is 0.636. The Morgan fingerprint density at radius 1 is 1.42 bits per heavy atom. The zero-order valence-electron chi connectivity index (χ0n) is 8.11. The van der Waals surface area contributed by atoms with Crippen molar-refractivity contribution < 1.29 is 0 Å². The summed E-state index contributed by atoms with van der Waals surface area (Å²) in [6.07, 6.45) is 9.10. The molecule has 0 nitrogen and oxygen atoms in total. The Morgan fingerprint density at radius 2 is 2.17 bits per heavy atom. The lowest BCUT2D eigenvalue weighted by Crippen LogP contribution is -2.02. The van der Waals surface area contributed by atoms with E-state index in [1.165, 1.54) is 42.0 Å². The number of allylic oxidation sites excluding steroid dienone is 4. The molecule has 0 N–H and O–H groups in total. The summed E-state index contributed by atoms with van der Waals surface area (Å²) in [6.45, 7) is 2.37. The third-order valence-electron chi connectivity index (χ3n) is 3.25. The zero-order chi connectivity index (χ0) is 8.55. The van der Waals surface area contributed by atoms with Crippen LogP contribution in [-0.2, 0) is 0 Å². The van der Waals surface area contributed by atoms with E-state index in [4.69, 9.17) is 0 Å². The molecule has 0 saturated carbocycles. The highest BCUT2D eigenvalue weighted by Crippen LogP contribution is 2.40. The van der Waals surface area contributed by atoms with Gasteiger partial charge in [0, 0.05) is 10.2 Å². The van der Waals surface area contributed by atoms with Crippen molar-refractivity contribution >= 4 is 10.2 Å². The van der Waals surface area contributed by atoms with Crippen LogP contribution in [0.5, 0.6) is 0 Å². The van der Waals surface area contributed by atoms with Crippen LogP contribution in [0.3, 0.4) is 0 Å². The van der Waals surface area contributed by atoms with E-state index in [0.29, 0.717) is 0 Å². The largest absolute Gasteiger partial charge is 0.0595 e. The summed E-state index contributed by atoms with van der Waals surface area (Å²) in [4.78, 5) is 0. The summed E-state index contributed by atoms with van der Waals surface area (Å²) in [5.74, 6) is 0.762. The van der Waals surface area contributed by atoms with Gasteiger partial charge in [-0.1, -0.05) is 18.1 Å². The van der Waals surface area contributed by atoms with Crippen LogP contribution in [0.4, 0.5) is 0 Å². The SMILES string of the molecule is CC1C(C[SiH3])=[C]C2=C1CCCC2. The van der Waals surface area contributed by atoms with Crippen molar-refractivity contribution in [3.63, 3.8) is 0 Å². The molecule has 0 aromatic rings. The van der Waals surface area contributed by atoms with Gasteiger partial charge in [0.1, 0.15) is 0 Å². The number of hydrogen-bond donors (Lipinski definition) is 0. The summed E-state index contributed by atoms with van der Waals surface area (Å²) < 4.78 is 0. The zero-order valence-corrected chi connectivity index (χ0v) is 10.1. The minimum atomic E-state index is 0.762. The maximum atomic E-state index is 3.62. The van der Waals surface area contributed by atoms with Crippen molar-refractivity contribution in [3.05, 3.63) is 22.8 Å². The first-order valence-corrected chi connectivity index (χ1v) is 6.59. The Balaban J connectivity index is 2.24. The molecule has 1 radical (unpaired) electrons. The van der Waals surface area contributed by atoms with Gasteiger partial charge >= 0.3 is 0 Å². The molecule has 0 saturated heterocycles. The topological polar surface area (TPSA) is 0 Å². The van der Waals surface area contributed by atoms with Gasteiger partial charge in [0.15, 0.2) is 0 Å². The summed E-state index contributed by atoms with van der Waals surface area (Å²) >= 11 is 0. The van der Waals surface area contributed by atoms with E-state index in [2.05, 4.69) is 13.0 Å². The van der Waals surface area contributed by atoms with Crippen LogP contribution < -0.4 is 0 Å². The van der Waals surface area contributed by atoms with E-state index < -0.39 is 0 Å². The molecule has 0 fully saturated rings. The van der Waals surface area contributed by atoms with Crippen molar-refractivity contribution in [3.8, 4) is 0 Å². The first kappa shape index (κ1) is 8.30. The lowest BCUT2D eigenvalue weighted by atomic mass is 9.88. The van der Waals surface area contributed by atoms with E-state index in [0.717, 1.165) is 5.92 Å². The Hall–Kier alpha value is -0.303. The highest BCUT2D eigenvalue weighted by atomic mass is 28.1. The minimum Gasteiger partial charge on any atom is -0.0595 e. The second kappa shape index (κ2) is 3.21. The van der Waals surface area contributed by atoms with Crippen molar-refractivity contribution in [1.82, 2.24) is 0 Å². The van der Waals surface area contributed by atoms with Crippen LogP contribution in [0.1, 0.15) is 32.6 Å². The molecular formula is C11H17Si. The maximum Gasteiger partial charge on any atom is 0.00797 e. The Kier molecular flexibility index (Phi) is 2.22. The predicted octanol–water partition coefficient (Wildman–Crippen LogP) is 2.02. The molecule has 0 spiro atoms. The highest BCUT2D eigenvalue weighted by Gasteiger charge is 2.24. The normalized spacial score (nSPS) is 29.1. The van der Waals surface area contributed by atoms with E-state index in [9.17, 15) is 0 Å². The third-order valence-corrected chi connectivity index (χ3v) is 4.01. The van der Waals surface area contributed by atoms with Crippen LogP contribution in [-0.4, -0.2) is 10.2 Å². The van der Waals surface area contributed by atoms with E-state index >= 15 is 0 Å². The first-order chi connectivity index (χ1) is 5.83. The Labute approximate surface area is 78.2 Å². The van der Waals surface area contributed by atoms with E-state index in [1.807, 2.05) is 0 Å². The van der Waals surface area contributed by atoms with Gasteiger partial charge in [-0.2, -0.15) is 0 Å². The summed E-state index contributed by atoms with van der Waals surface area (Å²) in [6, 6.07) is 1.33. The molecule has 1 unspecified atom stereocenters. The molecule has 1 atom stereocenters. The van der Waals surface area contributed by atoms with Crippen molar-refractivity contribution in [2.45, 2.75) is 38.7 Å². The predicted molar refractivity (Wildman–Crippen MR) is 56.2 cm³/mol. The van der Waals surface area contributed by atoms with Crippen LogP contribution >= 0.6 is 0 Å². The average molecular weight is 177 g/mol. The monoisotopic (exact) mass is 177 g/mol. The second-order valence-electron chi connectivity index (χ2n) is 3.94. The molecule has 2 aliphatic rings. The van der Waals surface area contributed by atoms with Crippen molar-refractivity contribution in [1.29, 1.82) is 0 Å². The van der Waals surface area contributed by atoms with Gasteiger partial charge in [0.25, 0.3) is 0 Å². The molecule has 12 heavy (non-hydrogen) atoms. The maximum absolute atomic E-state index is 3.62. The van der Waals surface area contributed by atoms with Crippen molar-refractivity contribution in [2.75, 3.05) is 0 Å². The molecule has 0 aliphatic heterocycles. The lowest BCUT2D eigenvalue weighted by molar-refractivity contribution is 0.636. The van der Waals surface area contributed by atoms with Gasteiger partial charge in [-0.15, -0.1) is 0 Å². The lowest BCUT2D eigenvalue weighted by Gasteiger charge is -2.17. The van der Waals surface area contributed by atoms with Gasteiger partial charge in [0.2, 0.25) is 0 Å². The Morgan fingerprint density at radius 3 is 2.83 bits per heavy atom. The molecule has 0 heterocycles. The van der Waals surface area contributed by atoms with Crippen molar-refractivity contribution in [2.24, 2.45) is 5.92 Å².